The summed E-state index contributed by atoms with van der Waals surface area (Å²) in [5, 5.41) is 2.06. The second-order valence-electron chi connectivity index (χ2n) is 4.70. The normalized spacial score (nSPS) is 20.4. The minimum absolute atomic E-state index is 0.191. The van der Waals surface area contributed by atoms with Crippen LogP contribution in [0.4, 0.5) is 4.79 Å². The van der Waals surface area contributed by atoms with Gasteiger partial charge in [0, 0.05) is 0 Å². The number of nitrogens with zero attached hydrogens (tertiary/aromatic N) is 1. The van der Waals surface area contributed by atoms with E-state index in [1.165, 1.54) is 0 Å². The van der Waals surface area contributed by atoms with E-state index in [9.17, 15) is 9.59 Å². The van der Waals surface area contributed by atoms with E-state index in [-0.39, 0.29) is 17.9 Å². The number of likely N-dealkylation sites (tertiary alicyclic amines) is 1. The monoisotopic (exact) mass is 228 g/mol. The molecular formula is C10H20N4O2. The van der Waals surface area contributed by atoms with E-state index in [1.54, 1.807) is 0 Å². The van der Waals surface area contributed by atoms with Crippen molar-refractivity contribution in [3.63, 3.8) is 0 Å². The van der Waals surface area contributed by atoms with Gasteiger partial charge in [-0.15, -0.1) is 0 Å². The smallest absolute Gasteiger partial charge is 0.318 e. The molecule has 0 aromatic rings. The molecule has 1 aliphatic heterocycles. The van der Waals surface area contributed by atoms with Crippen LogP contribution in [0.5, 0.6) is 0 Å². The van der Waals surface area contributed by atoms with Crippen LogP contribution in [0.25, 0.3) is 0 Å². The largest absolute Gasteiger partial charge is 0.351 e. The first-order valence-corrected chi connectivity index (χ1v) is 5.47. The van der Waals surface area contributed by atoms with E-state index in [0.717, 1.165) is 25.9 Å². The van der Waals surface area contributed by atoms with E-state index in [0.29, 0.717) is 6.54 Å². The van der Waals surface area contributed by atoms with Gasteiger partial charge >= 0.3 is 6.03 Å². The van der Waals surface area contributed by atoms with Crippen LogP contribution < -0.4 is 16.8 Å². The quantitative estimate of drug-likeness (QED) is 0.591. The van der Waals surface area contributed by atoms with Crippen LogP contribution in [0.2, 0.25) is 0 Å². The zero-order valence-electron chi connectivity index (χ0n) is 9.66. The number of carbonyl (C=O) groups is 2. The Bertz CT molecular complexity index is 272. The molecule has 0 aliphatic carbocycles. The van der Waals surface area contributed by atoms with Gasteiger partial charge in [0.05, 0.1) is 6.54 Å². The summed E-state index contributed by atoms with van der Waals surface area (Å²) in [6, 6.07) is -0.797. The summed E-state index contributed by atoms with van der Waals surface area (Å²) in [4.78, 5) is 23.7. The number of primary amides is 1. The van der Waals surface area contributed by atoms with Gasteiger partial charge < -0.3 is 11.5 Å². The lowest BCUT2D eigenvalue weighted by Gasteiger charge is -2.38. The number of hydrogen-bond acceptors (Lipinski definition) is 4. The minimum Gasteiger partial charge on any atom is -0.351 e. The number of amides is 3. The second-order valence-corrected chi connectivity index (χ2v) is 4.70. The van der Waals surface area contributed by atoms with Gasteiger partial charge in [0.2, 0.25) is 5.91 Å². The molecule has 1 fully saturated rings. The van der Waals surface area contributed by atoms with Crippen LogP contribution in [0, 0.1) is 5.41 Å². The lowest BCUT2D eigenvalue weighted by Crippen LogP contribution is -2.47. The molecule has 0 radical (unpaired) electrons. The Balaban J connectivity index is 2.32. The first kappa shape index (κ1) is 12.9. The van der Waals surface area contributed by atoms with Crippen LogP contribution in [-0.2, 0) is 4.79 Å². The van der Waals surface area contributed by atoms with Gasteiger partial charge in [-0.1, -0.05) is 6.92 Å². The molecule has 0 aromatic carbocycles. The Kier molecular flexibility index (Phi) is 4.26. The molecule has 16 heavy (non-hydrogen) atoms. The molecule has 0 aromatic heterocycles. The fourth-order valence-electron chi connectivity index (χ4n) is 1.84. The van der Waals surface area contributed by atoms with Crippen molar-refractivity contribution in [1.82, 2.24) is 10.2 Å². The van der Waals surface area contributed by atoms with Crippen molar-refractivity contribution in [3.8, 4) is 0 Å². The van der Waals surface area contributed by atoms with Gasteiger partial charge in [-0.05, 0) is 37.9 Å². The number of rotatable bonds is 3. The second kappa shape index (κ2) is 5.27. The Morgan fingerprint density at radius 3 is 2.38 bits per heavy atom. The minimum atomic E-state index is -0.797. The van der Waals surface area contributed by atoms with Gasteiger partial charge in [-0.2, -0.15) is 0 Å². The van der Waals surface area contributed by atoms with Crippen LogP contribution in [-0.4, -0.2) is 43.0 Å². The van der Waals surface area contributed by atoms with Crippen molar-refractivity contribution >= 4 is 11.9 Å². The fourth-order valence-corrected chi connectivity index (χ4v) is 1.84. The molecule has 0 unspecified atom stereocenters. The zero-order chi connectivity index (χ0) is 12.2. The Morgan fingerprint density at radius 2 is 1.94 bits per heavy atom. The van der Waals surface area contributed by atoms with E-state index >= 15 is 0 Å². The van der Waals surface area contributed by atoms with E-state index in [2.05, 4.69) is 12.2 Å². The number of piperidine rings is 1. The average Bonchev–Trinajstić information content (AvgIpc) is 2.21. The van der Waals surface area contributed by atoms with Crippen molar-refractivity contribution in [3.05, 3.63) is 0 Å². The van der Waals surface area contributed by atoms with Crippen molar-refractivity contribution in [2.75, 3.05) is 26.2 Å². The molecule has 1 rings (SSSR count). The molecule has 5 N–H and O–H groups in total. The molecule has 0 saturated carbocycles. The number of imide groups is 1. The van der Waals surface area contributed by atoms with E-state index in [4.69, 9.17) is 11.5 Å². The summed E-state index contributed by atoms with van der Waals surface area (Å²) in [6.07, 6.45) is 1.96. The topological polar surface area (TPSA) is 101 Å². The number of urea groups is 1. The molecular weight excluding hydrogens is 208 g/mol. The van der Waals surface area contributed by atoms with E-state index in [1.807, 2.05) is 4.90 Å². The highest BCUT2D eigenvalue weighted by atomic mass is 16.2. The third-order valence-corrected chi connectivity index (χ3v) is 3.19. The van der Waals surface area contributed by atoms with Crippen molar-refractivity contribution in [1.29, 1.82) is 0 Å². The number of nitrogens with one attached hydrogen (secondary N) is 1. The molecule has 1 saturated heterocycles. The third-order valence-electron chi connectivity index (χ3n) is 3.19. The molecule has 3 amide bonds. The van der Waals surface area contributed by atoms with Crippen LogP contribution in [0.1, 0.15) is 19.8 Å². The summed E-state index contributed by atoms with van der Waals surface area (Å²) >= 11 is 0. The van der Waals surface area contributed by atoms with Gasteiger partial charge in [-0.3, -0.25) is 15.0 Å². The molecule has 6 heteroatoms. The summed E-state index contributed by atoms with van der Waals surface area (Å²) in [5.41, 5.74) is 10.7. The molecule has 92 valence electrons. The molecule has 0 atom stereocenters. The maximum atomic E-state index is 11.3. The number of carbonyl (C=O) groups excluding carboxylic acids is 2. The lowest BCUT2D eigenvalue weighted by atomic mass is 9.80. The van der Waals surface area contributed by atoms with Gasteiger partial charge in [0.25, 0.3) is 0 Å². The van der Waals surface area contributed by atoms with Crippen LogP contribution in [0.3, 0.4) is 0 Å². The first-order valence-electron chi connectivity index (χ1n) is 5.47. The highest BCUT2D eigenvalue weighted by molar-refractivity contribution is 5.94. The van der Waals surface area contributed by atoms with Gasteiger partial charge in [0.15, 0.2) is 0 Å². The molecule has 1 heterocycles. The van der Waals surface area contributed by atoms with Gasteiger partial charge in [-0.25, -0.2) is 4.79 Å². The summed E-state index contributed by atoms with van der Waals surface area (Å²) in [6.45, 7) is 4.73. The lowest BCUT2D eigenvalue weighted by molar-refractivity contribution is -0.121. The third kappa shape index (κ3) is 3.79. The van der Waals surface area contributed by atoms with Crippen LogP contribution in [0.15, 0.2) is 0 Å². The number of hydrogen-bond donors (Lipinski definition) is 3. The summed E-state index contributed by atoms with van der Waals surface area (Å²) < 4.78 is 0. The SMILES string of the molecule is CC1(CN)CCN(CC(=O)NC(N)=O)CC1. The zero-order valence-corrected chi connectivity index (χ0v) is 9.66. The van der Waals surface area contributed by atoms with Crippen LogP contribution >= 0.6 is 0 Å². The Morgan fingerprint density at radius 1 is 1.38 bits per heavy atom. The van der Waals surface area contributed by atoms with Crippen molar-refractivity contribution < 1.29 is 9.59 Å². The van der Waals surface area contributed by atoms with E-state index < -0.39 is 6.03 Å². The summed E-state index contributed by atoms with van der Waals surface area (Å²) in [7, 11) is 0. The predicted octanol–water partition coefficient (Wildman–Crippen LogP) is -0.758. The van der Waals surface area contributed by atoms with Crippen molar-refractivity contribution in [2.45, 2.75) is 19.8 Å². The Hall–Kier alpha value is -1.14. The maximum Gasteiger partial charge on any atom is 0.318 e. The maximum absolute atomic E-state index is 11.3. The first-order chi connectivity index (χ1) is 7.45. The number of nitrogens with two attached hydrogens (primary N) is 2. The molecule has 1 aliphatic rings. The van der Waals surface area contributed by atoms with Crippen molar-refractivity contribution in [2.24, 2.45) is 16.9 Å². The Labute approximate surface area is 95.3 Å². The predicted molar refractivity (Wildman–Crippen MR) is 60.6 cm³/mol. The highest BCUT2D eigenvalue weighted by Crippen LogP contribution is 2.28. The van der Waals surface area contributed by atoms with Gasteiger partial charge in [0.1, 0.15) is 0 Å². The fraction of sp³-hybridized carbons (Fsp3) is 0.800. The standard InChI is InChI=1S/C10H20N4O2/c1-10(7-11)2-4-14(5-3-10)6-8(15)13-9(12)16/h2-7,11H2,1H3,(H3,12,13,15,16). The molecule has 6 nitrogen and oxygen atoms in total. The average molecular weight is 228 g/mol. The highest BCUT2D eigenvalue weighted by Gasteiger charge is 2.29. The summed E-state index contributed by atoms with van der Waals surface area (Å²) in [5.74, 6) is -0.344. The molecule has 0 spiro atoms. The molecule has 0 bridgehead atoms.